The molecule has 2 aromatic heterocycles. The molecule has 0 saturated heterocycles. The first-order chi connectivity index (χ1) is 16.0. The van der Waals surface area contributed by atoms with Gasteiger partial charge in [0.05, 0.1) is 22.9 Å². The lowest BCUT2D eigenvalue weighted by molar-refractivity contribution is 0.0933. The summed E-state index contributed by atoms with van der Waals surface area (Å²) in [6, 6.07) is 13.3. The van der Waals surface area contributed by atoms with Crippen LogP contribution >= 0.6 is 11.6 Å². The highest BCUT2D eigenvalue weighted by Gasteiger charge is 2.26. The Kier molecular flexibility index (Phi) is 5.56. The predicted octanol–water partition coefficient (Wildman–Crippen LogP) is 4.33. The Labute approximate surface area is 196 Å². The number of hydrogen-bond donors (Lipinski definition) is 1. The van der Waals surface area contributed by atoms with E-state index in [0.717, 1.165) is 33.8 Å². The van der Waals surface area contributed by atoms with Gasteiger partial charge in [0.25, 0.3) is 5.91 Å². The highest BCUT2D eigenvalue weighted by molar-refractivity contribution is 6.32. The molecule has 1 atom stereocenters. The number of nitrogens with one attached hydrogen (secondary N) is 1. The number of fused-ring (bicyclic) bond motifs is 1. The summed E-state index contributed by atoms with van der Waals surface area (Å²) >= 11 is 6.47. The molecule has 2 aromatic carbocycles. The second-order valence-corrected chi connectivity index (χ2v) is 8.52. The highest BCUT2D eigenvalue weighted by atomic mass is 35.5. The van der Waals surface area contributed by atoms with E-state index in [4.69, 9.17) is 16.3 Å². The van der Waals surface area contributed by atoms with Crippen LogP contribution in [0.1, 0.15) is 27.3 Å². The number of hydrogen-bond acceptors (Lipinski definition) is 5. The Morgan fingerprint density at radius 2 is 1.88 bits per heavy atom. The lowest BCUT2D eigenvalue weighted by Gasteiger charge is -2.13. The standard InChI is InChI=1S/C25H22ClN5O2/c1-15-7-16(2)31(30-15)21-5-3-17(4-6-21)25(32)29-13-22-9-19-8-18(10-23(26)24(19)33-22)20-11-27-14-28-12-20/h3-8,10-12,14,22H,9,13H2,1-2H3,(H,29,32). The van der Waals surface area contributed by atoms with Gasteiger partial charge in [-0.1, -0.05) is 11.6 Å². The van der Waals surface area contributed by atoms with Crippen LogP contribution in [0, 0.1) is 13.8 Å². The van der Waals surface area contributed by atoms with Crippen LogP contribution in [0.4, 0.5) is 0 Å². The highest BCUT2D eigenvalue weighted by Crippen LogP contribution is 2.39. The summed E-state index contributed by atoms with van der Waals surface area (Å²) in [5.41, 5.74) is 6.34. The van der Waals surface area contributed by atoms with Gasteiger partial charge in [-0.2, -0.15) is 5.10 Å². The Balaban J connectivity index is 1.23. The second kappa shape index (κ2) is 8.67. The van der Waals surface area contributed by atoms with Crippen molar-refractivity contribution < 1.29 is 9.53 Å². The molecule has 5 rings (SSSR count). The van der Waals surface area contributed by atoms with Crippen LogP contribution in [-0.2, 0) is 6.42 Å². The van der Waals surface area contributed by atoms with Gasteiger partial charge in [-0.25, -0.2) is 14.6 Å². The van der Waals surface area contributed by atoms with E-state index in [-0.39, 0.29) is 12.0 Å². The number of benzene rings is 2. The zero-order valence-corrected chi connectivity index (χ0v) is 19.0. The van der Waals surface area contributed by atoms with Crippen LogP contribution in [0.3, 0.4) is 0 Å². The summed E-state index contributed by atoms with van der Waals surface area (Å²) in [5.74, 6) is 0.522. The maximum atomic E-state index is 12.7. The minimum atomic E-state index is -0.183. The molecular weight excluding hydrogens is 438 g/mol. The Hall–Kier alpha value is -3.71. The van der Waals surface area contributed by atoms with Gasteiger partial charge in [0.1, 0.15) is 18.2 Å². The van der Waals surface area contributed by atoms with Gasteiger partial charge in [0, 0.05) is 41.2 Å². The number of aryl methyl sites for hydroxylation is 2. The molecule has 4 aromatic rings. The van der Waals surface area contributed by atoms with Crippen molar-refractivity contribution in [2.75, 3.05) is 6.54 Å². The molecule has 33 heavy (non-hydrogen) atoms. The molecule has 1 N–H and O–H groups in total. The van der Waals surface area contributed by atoms with E-state index in [9.17, 15) is 4.79 Å². The van der Waals surface area contributed by atoms with Crippen molar-refractivity contribution >= 4 is 17.5 Å². The number of nitrogens with zero attached hydrogens (tertiary/aromatic N) is 4. The molecule has 0 bridgehead atoms. The topological polar surface area (TPSA) is 81.9 Å². The first-order valence-corrected chi connectivity index (χ1v) is 11.0. The van der Waals surface area contributed by atoms with Crippen LogP contribution in [0.15, 0.2) is 61.2 Å². The molecule has 0 saturated carbocycles. The summed E-state index contributed by atoms with van der Waals surface area (Å²) in [6.07, 6.45) is 5.47. The minimum Gasteiger partial charge on any atom is -0.486 e. The maximum absolute atomic E-state index is 12.7. The molecule has 8 heteroatoms. The van der Waals surface area contributed by atoms with Crippen LogP contribution in [-0.4, -0.2) is 38.3 Å². The minimum absolute atomic E-state index is 0.150. The molecule has 0 radical (unpaired) electrons. The third-order valence-electron chi connectivity index (χ3n) is 5.62. The van der Waals surface area contributed by atoms with Crippen molar-refractivity contribution in [2.24, 2.45) is 0 Å². The lowest BCUT2D eigenvalue weighted by atomic mass is 10.0. The van der Waals surface area contributed by atoms with Gasteiger partial charge < -0.3 is 10.1 Å². The summed E-state index contributed by atoms with van der Waals surface area (Å²) < 4.78 is 7.88. The molecular formula is C25H22ClN5O2. The summed E-state index contributed by atoms with van der Waals surface area (Å²) in [6.45, 7) is 4.34. The van der Waals surface area contributed by atoms with Crippen molar-refractivity contribution in [2.45, 2.75) is 26.4 Å². The average molecular weight is 460 g/mol. The fourth-order valence-corrected chi connectivity index (χ4v) is 4.35. The zero-order valence-electron chi connectivity index (χ0n) is 18.2. The van der Waals surface area contributed by atoms with Crippen molar-refractivity contribution in [3.05, 3.63) is 88.7 Å². The van der Waals surface area contributed by atoms with Gasteiger partial charge in [-0.3, -0.25) is 4.79 Å². The van der Waals surface area contributed by atoms with Gasteiger partial charge in [-0.05, 0) is 61.9 Å². The molecule has 166 valence electrons. The van der Waals surface area contributed by atoms with Crippen molar-refractivity contribution in [1.82, 2.24) is 25.1 Å². The van der Waals surface area contributed by atoms with Crippen LogP contribution in [0.5, 0.6) is 5.75 Å². The summed E-state index contributed by atoms with van der Waals surface area (Å²) in [4.78, 5) is 20.8. The number of aromatic nitrogens is 4. The Bertz CT molecular complexity index is 1320. The Morgan fingerprint density at radius 1 is 1.12 bits per heavy atom. The molecule has 1 amide bonds. The van der Waals surface area contributed by atoms with Gasteiger partial charge in [0.2, 0.25) is 0 Å². The van der Waals surface area contributed by atoms with E-state index in [2.05, 4.69) is 20.4 Å². The molecule has 0 aliphatic carbocycles. The van der Waals surface area contributed by atoms with E-state index in [1.807, 2.05) is 48.9 Å². The first-order valence-electron chi connectivity index (χ1n) is 10.6. The third kappa shape index (κ3) is 4.32. The summed E-state index contributed by atoms with van der Waals surface area (Å²) in [5, 5.41) is 7.99. The average Bonchev–Trinajstić information content (AvgIpc) is 3.40. The zero-order chi connectivity index (χ0) is 22.9. The fourth-order valence-electron chi connectivity index (χ4n) is 4.07. The van der Waals surface area contributed by atoms with E-state index in [0.29, 0.717) is 29.3 Å². The van der Waals surface area contributed by atoms with E-state index in [1.54, 1.807) is 24.5 Å². The van der Waals surface area contributed by atoms with E-state index in [1.165, 1.54) is 6.33 Å². The molecule has 1 aliphatic heterocycles. The fraction of sp³-hybridized carbons (Fsp3) is 0.200. The number of carbonyl (C=O) groups is 1. The van der Waals surface area contributed by atoms with Gasteiger partial charge >= 0.3 is 0 Å². The number of halogens is 1. The van der Waals surface area contributed by atoms with Crippen molar-refractivity contribution in [3.8, 4) is 22.6 Å². The second-order valence-electron chi connectivity index (χ2n) is 8.11. The number of rotatable bonds is 5. The van der Waals surface area contributed by atoms with E-state index < -0.39 is 0 Å². The van der Waals surface area contributed by atoms with Crippen LogP contribution in [0.25, 0.3) is 16.8 Å². The van der Waals surface area contributed by atoms with Crippen molar-refractivity contribution in [3.63, 3.8) is 0 Å². The number of carbonyl (C=O) groups excluding carboxylic acids is 1. The quantitative estimate of drug-likeness (QED) is 0.480. The smallest absolute Gasteiger partial charge is 0.251 e. The summed E-state index contributed by atoms with van der Waals surface area (Å²) in [7, 11) is 0. The SMILES string of the molecule is Cc1cc(C)n(-c2ccc(C(=O)NCC3Cc4cc(-c5cncnc5)cc(Cl)c4O3)cc2)n1. The monoisotopic (exact) mass is 459 g/mol. The third-order valence-corrected chi connectivity index (χ3v) is 5.90. The van der Waals surface area contributed by atoms with Crippen molar-refractivity contribution in [1.29, 1.82) is 0 Å². The van der Waals surface area contributed by atoms with E-state index >= 15 is 0 Å². The largest absolute Gasteiger partial charge is 0.486 e. The first kappa shape index (κ1) is 21.2. The molecule has 0 spiro atoms. The molecule has 7 nitrogen and oxygen atoms in total. The van der Waals surface area contributed by atoms with Crippen LogP contribution in [0.2, 0.25) is 5.02 Å². The lowest BCUT2D eigenvalue weighted by Crippen LogP contribution is -2.34. The molecule has 3 heterocycles. The Morgan fingerprint density at radius 3 is 2.58 bits per heavy atom. The number of amides is 1. The molecule has 1 unspecified atom stereocenters. The maximum Gasteiger partial charge on any atom is 0.251 e. The van der Waals surface area contributed by atoms with Crippen LogP contribution < -0.4 is 10.1 Å². The molecule has 1 aliphatic rings. The predicted molar refractivity (Wildman–Crippen MR) is 126 cm³/mol. The number of ether oxygens (including phenoxy) is 1. The van der Waals surface area contributed by atoms with Gasteiger partial charge in [0.15, 0.2) is 0 Å². The van der Waals surface area contributed by atoms with Gasteiger partial charge in [-0.15, -0.1) is 0 Å². The normalized spacial score (nSPS) is 14.6. The molecule has 0 fully saturated rings.